The lowest BCUT2D eigenvalue weighted by molar-refractivity contribution is -0.122. The van der Waals surface area contributed by atoms with E-state index in [9.17, 15) is 13.2 Å². The van der Waals surface area contributed by atoms with Gasteiger partial charge in [-0.25, -0.2) is 8.42 Å². The predicted octanol–water partition coefficient (Wildman–Crippen LogP) is 3.67. The van der Waals surface area contributed by atoms with E-state index in [2.05, 4.69) is 12.2 Å². The first-order valence-electron chi connectivity index (χ1n) is 9.21. The Morgan fingerprint density at radius 2 is 1.63 bits per heavy atom. The first-order chi connectivity index (χ1) is 12.8. The van der Waals surface area contributed by atoms with Crippen molar-refractivity contribution in [2.45, 2.75) is 45.7 Å². The van der Waals surface area contributed by atoms with Gasteiger partial charge in [-0.15, -0.1) is 0 Å². The van der Waals surface area contributed by atoms with Crippen LogP contribution >= 0.6 is 0 Å². The van der Waals surface area contributed by atoms with Crippen molar-refractivity contribution in [2.75, 3.05) is 10.6 Å². The number of aryl methyl sites for hydroxylation is 1. The predicted molar refractivity (Wildman–Crippen MR) is 110 cm³/mol. The Balaban J connectivity index is 2.24. The van der Waals surface area contributed by atoms with Crippen LogP contribution < -0.4 is 9.62 Å². The van der Waals surface area contributed by atoms with Crippen molar-refractivity contribution < 1.29 is 13.2 Å². The zero-order valence-corrected chi connectivity index (χ0v) is 17.2. The molecule has 5 nitrogen and oxygen atoms in total. The number of benzene rings is 2. The van der Waals surface area contributed by atoms with Gasteiger partial charge in [0.1, 0.15) is 6.04 Å². The Morgan fingerprint density at radius 3 is 2.11 bits per heavy atom. The lowest BCUT2D eigenvalue weighted by atomic mass is 10.0. The molecule has 0 aliphatic heterocycles. The molecule has 0 aliphatic carbocycles. The largest absolute Gasteiger partial charge is 0.348 e. The van der Waals surface area contributed by atoms with Crippen molar-refractivity contribution in [3.05, 3.63) is 65.7 Å². The number of anilines is 1. The van der Waals surface area contributed by atoms with E-state index in [0.29, 0.717) is 12.1 Å². The van der Waals surface area contributed by atoms with Crippen LogP contribution in [0.5, 0.6) is 0 Å². The molecule has 0 saturated heterocycles. The normalized spacial score (nSPS) is 13.6. The Hall–Kier alpha value is -2.34. The van der Waals surface area contributed by atoms with E-state index in [1.165, 1.54) is 9.87 Å². The average Bonchev–Trinajstić information content (AvgIpc) is 2.65. The van der Waals surface area contributed by atoms with Gasteiger partial charge in [-0.3, -0.25) is 9.10 Å². The molecule has 2 atom stereocenters. The third kappa shape index (κ3) is 5.32. The quantitative estimate of drug-likeness (QED) is 0.750. The van der Waals surface area contributed by atoms with Gasteiger partial charge in [0.2, 0.25) is 15.9 Å². The monoisotopic (exact) mass is 388 g/mol. The molecule has 2 rings (SSSR count). The van der Waals surface area contributed by atoms with Crippen molar-refractivity contribution >= 4 is 21.6 Å². The molecule has 146 valence electrons. The molecule has 1 N–H and O–H groups in total. The summed E-state index contributed by atoms with van der Waals surface area (Å²) in [5.74, 6) is -0.307. The van der Waals surface area contributed by atoms with Crippen LogP contribution in [0.3, 0.4) is 0 Å². The Kier molecular flexibility index (Phi) is 7.02. The van der Waals surface area contributed by atoms with Crippen LogP contribution in [0.2, 0.25) is 0 Å². The molecule has 0 aliphatic rings. The summed E-state index contributed by atoms with van der Waals surface area (Å²) in [6.45, 7) is 5.81. The average molecular weight is 389 g/mol. The molecule has 6 heteroatoms. The standard InChI is InChI=1S/C21H28N2O3S/c1-5-17-12-14-18(15-13-17)16(3)22-21(24)20(6-2)23(27(4,25)26)19-10-8-7-9-11-19/h7-16,20H,5-6H2,1-4H3,(H,22,24)/t16-,20-/m0/s1. The highest BCUT2D eigenvalue weighted by Crippen LogP contribution is 2.23. The smallest absolute Gasteiger partial charge is 0.244 e. The van der Waals surface area contributed by atoms with E-state index < -0.39 is 16.1 Å². The fourth-order valence-corrected chi connectivity index (χ4v) is 4.28. The molecule has 0 saturated carbocycles. The van der Waals surface area contributed by atoms with Gasteiger partial charge in [0.05, 0.1) is 18.0 Å². The van der Waals surface area contributed by atoms with Crippen LogP contribution in [0.25, 0.3) is 0 Å². The van der Waals surface area contributed by atoms with Gasteiger partial charge in [0.15, 0.2) is 0 Å². The number of nitrogens with one attached hydrogen (secondary N) is 1. The SMILES string of the molecule is CCc1ccc([C@H](C)NC(=O)[C@H](CC)N(c2ccccc2)S(C)(=O)=O)cc1. The highest BCUT2D eigenvalue weighted by Gasteiger charge is 2.32. The summed E-state index contributed by atoms with van der Waals surface area (Å²) in [5.41, 5.74) is 2.71. The molecule has 1 amide bonds. The molecule has 0 spiro atoms. The third-order valence-electron chi connectivity index (χ3n) is 4.59. The number of sulfonamides is 1. The number of nitrogens with zero attached hydrogens (tertiary/aromatic N) is 1. The van der Waals surface area contributed by atoms with E-state index in [-0.39, 0.29) is 11.9 Å². The molecule has 0 unspecified atom stereocenters. The molecule has 27 heavy (non-hydrogen) atoms. The van der Waals surface area contributed by atoms with E-state index >= 15 is 0 Å². The summed E-state index contributed by atoms with van der Waals surface area (Å²) < 4.78 is 26.0. The first kappa shape index (κ1) is 21.0. The van der Waals surface area contributed by atoms with E-state index in [4.69, 9.17) is 0 Å². The summed E-state index contributed by atoms with van der Waals surface area (Å²) in [6, 6.07) is 15.8. The van der Waals surface area contributed by atoms with Crippen LogP contribution in [0, 0.1) is 0 Å². The van der Waals surface area contributed by atoms with Crippen molar-refractivity contribution in [1.82, 2.24) is 5.32 Å². The molecule has 0 bridgehead atoms. The van der Waals surface area contributed by atoms with Crippen LogP contribution in [0.1, 0.15) is 44.4 Å². The van der Waals surface area contributed by atoms with Gasteiger partial charge < -0.3 is 5.32 Å². The van der Waals surface area contributed by atoms with E-state index in [1.54, 1.807) is 24.3 Å². The van der Waals surface area contributed by atoms with Crippen molar-refractivity contribution in [2.24, 2.45) is 0 Å². The van der Waals surface area contributed by atoms with Crippen LogP contribution in [0.15, 0.2) is 54.6 Å². The number of hydrogen-bond acceptors (Lipinski definition) is 3. The van der Waals surface area contributed by atoms with Crippen LogP contribution in [0.4, 0.5) is 5.69 Å². The molecule has 0 aromatic heterocycles. The van der Waals surface area contributed by atoms with Gasteiger partial charge in [-0.2, -0.15) is 0 Å². The third-order valence-corrected chi connectivity index (χ3v) is 5.77. The molecule has 2 aromatic carbocycles. The minimum Gasteiger partial charge on any atom is -0.348 e. The summed E-state index contributed by atoms with van der Waals surface area (Å²) in [7, 11) is -3.61. The number of rotatable bonds is 8. The Morgan fingerprint density at radius 1 is 1.04 bits per heavy atom. The summed E-state index contributed by atoms with van der Waals surface area (Å²) in [5, 5.41) is 2.96. The first-order valence-corrected chi connectivity index (χ1v) is 11.1. The van der Waals surface area contributed by atoms with Gasteiger partial charge in [-0.1, -0.05) is 56.3 Å². The van der Waals surface area contributed by atoms with Crippen LogP contribution in [-0.2, 0) is 21.2 Å². The highest BCUT2D eigenvalue weighted by atomic mass is 32.2. The van der Waals surface area contributed by atoms with Gasteiger partial charge in [0, 0.05) is 0 Å². The van der Waals surface area contributed by atoms with Crippen LogP contribution in [-0.4, -0.2) is 26.6 Å². The Bertz CT molecular complexity index is 849. The maximum Gasteiger partial charge on any atom is 0.244 e. The summed E-state index contributed by atoms with van der Waals surface area (Å²) in [6.07, 6.45) is 2.46. The van der Waals surface area contributed by atoms with Crippen molar-refractivity contribution in [3.63, 3.8) is 0 Å². The molecule has 0 heterocycles. The molecular weight excluding hydrogens is 360 g/mol. The second-order valence-electron chi connectivity index (χ2n) is 6.64. The lowest BCUT2D eigenvalue weighted by Crippen LogP contribution is -2.49. The second-order valence-corrected chi connectivity index (χ2v) is 8.50. The topological polar surface area (TPSA) is 66.5 Å². The number of hydrogen-bond donors (Lipinski definition) is 1. The molecule has 0 fully saturated rings. The highest BCUT2D eigenvalue weighted by molar-refractivity contribution is 7.92. The van der Waals surface area contributed by atoms with Crippen molar-refractivity contribution in [3.8, 4) is 0 Å². The molecule has 2 aromatic rings. The molecule has 0 radical (unpaired) electrons. The summed E-state index contributed by atoms with van der Waals surface area (Å²) >= 11 is 0. The minimum absolute atomic E-state index is 0.213. The zero-order valence-electron chi connectivity index (χ0n) is 16.3. The van der Waals surface area contributed by atoms with E-state index in [0.717, 1.165) is 18.2 Å². The number of carbonyl (C=O) groups excluding carboxylic acids is 1. The maximum atomic E-state index is 12.9. The minimum atomic E-state index is -3.61. The lowest BCUT2D eigenvalue weighted by Gasteiger charge is -2.31. The van der Waals surface area contributed by atoms with Gasteiger partial charge >= 0.3 is 0 Å². The Labute approximate surface area is 162 Å². The van der Waals surface area contributed by atoms with Gasteiger partial charge in [-0.05, 0) is 43.0 Å². The second kappa shape index (κ2) is 9.04. The molecular formula is C21H28N2O3S. The summed E-state index contributed by atoms with van der Waals surface area (Å²) in [4.78, 5) is 12.9. The number of amides is 1. The fraction of sp³-hybridized carbons (Fsp3) is 0.381. The van der Waals surface area contributed by atoms with Crippen molar-refractivity contribution in [1.29, 1.82) is 0 Å². The maximum absolute atomic E-state index is 12.9. The van der Waals surface area contributed by atoms with E-state index in [1.807, 2.05) is 44.2 Å². The zero-order chi connectivity index (χ0) is 20.0. The fourth-order valence-electron chi connectivity index (χ4n) is 3.07. The number of para-hydroxylation sites is 1. The van der Waals surface area contributed by atoms with Gasteiger partial charge in [0.25, 0.3) is 0 Å². The number of carbonyl (C=O) groups is 1.